The molecule has 1 rings (SSSR count). The summed E-state index contributed by atoms with van der Waals surface area (Å²) in [6.07, 6.45) is 38.3. The molecular formula is C31H62N2. The number of hydrogen-bond acceptors (Lipinski definition) is 2. The zero-order chi connectivity index (χ0) is 23.8. The molecule has 1 heterocycles. The van der Waals surface area contributed by atoms with Crippen molar-refractivity contribution in [2.45, 2.75) is 175 Å². The minimum absolute atomic E-state index is 0.636. The Balaban J connectivity index is 1.99. The molecule has 0 bridgehead atoms. The Bertz CT molecular complexity index is 419. The third-order valence-electron chi connectivity index (χ3n) is 7.67. The summed E-state index contributed by atoms with van der Waals surface area (Å²) < 4.78 is 0. The third kappa shape index (κ3) is 16.6. The van der Waals surface area contributed by atoms with E-state index >= 15 is 0 Å². The van der Waals surface area contributed by atoms with Gasteiger partial charge in [0.1, 0.15) is 6.17 Å². The summed E-state index contributed by atoms with van der Waals surface area (Å²) in [5, 5.41) is 0. The molecule has 0 saturated heterocycles. The third-order valence-corrected chi connectivity index (χ3v) is 7.67. The zero-order valence-electron chi connectivity index (χ0n) is 23.3. The lowest BCUT2D eigenvalue weighted by Crippen LogP contribution is -2.38. The molecule has 33 heavy (non-hydrogen) atoms. The van der Waals surface area contributed by atoms with Gasteiger partial charge in [-0.1, -0.05) is 142 Å². The Hall–Kier alpha value is -0.660. The first-order valence-corrected chi connectivity index (χ1v) is 15.5. The maximum atomic E-state index is 2.65. The topological polar surface area (TPSA) is 6.48 Å². The standard InChI is InChI=1S/C31H62N2/c1-4-7-9-11-13-15-16-17-18-20-22-24-26-28-33-30-29-32(6-3)31(33)27-25-23-21-19-14-12-10-8-5-2/h29-31H,4-28H2,1-3H3. The number of unbranched alkanes of at least 4 members (excludes halogenated alkanes) is 20. The van der Waals surface area contributed by atoms with E-state index in [4.69, 9.17) is 0 Å². The van der Waals surface area contributed by atoms with Crippen LogP contribution in [0.5, 0.6) is 0 Å². The minimum Gasteiger partial charge on any atom is -0.356 e. The fraction of sp³-hybridized carbons (Fsp3) is 0.935. The predicted octanol–water partition coefficient (Wildman–Crippen LogP) is 10.4. The Morgan fingerprint density at radius 1 is 0.424 bits per heavy atom. The maximum absolute atomic E-state index is 2.65. The molecule has 0 radical (unpaired) electrons. The van der Waals surface area contributed by atoms with E-state index in [9.17, 15) is 0 Å². The van der Waals surface area contributed by atoms with E-state index < -0.39 is 0 Å². The summed E-state index contributed by atoms with van der Waals surface area (Å²) in [6, 6.07) is 0. The van der Waals surface area contributed by atoms with Gasteiger partial charge in [0, 0.05) is 25.5 Å². The summed E-state index contributed by atoms with van der Waals surface area (Å²) in [6.45, 7) is 9.32. The molecule has 196 valence electrons. The Morgan fingerprint density at radius 3 is 1.21 bits per heavy atom. The molecule has 0 spiro atoms. The van der Waals surface area contributed by atoms with Crippen LogP contribution in [0.2, 0.25) is 0 Å². The van der Waals surface area contributed by atoms with E-state index in [2.05, 4.69) is 43.0 Å². The van der Waals surface area contributed by atoms with Crippen molar-refractivity contribution in [3.05, 3.63) is 12.4 Å². The first-order valence-electron chi connectivity index (χ1n) is 15.5. The normalized spacial score (nSPS) is 15.8. The second-order valence-electron chi connectivity index (χ2n) is 10.7. The van der Waals surface area contributed by atoms with Gasteiger partial charge in [0.05, 0.1) is 0 Å². The van der Waals surface area contributed by atoms with Gasteiger partial charge >= 0.3 is 0 Å². The molecule has 0 aromatic heterocycles. The largest absolute Gasteiger partial charge is 0.356 e. The monoisotopic (exact) mass is 462 g/mol. The lowest BCUT2D eigenvalue weighted by Gasteiger charge is -2.32. The molecule has 0 amide bonds. The highest BCUT2D eigenvalue weighted by atomic mass is 15.4. The molecule has 1 aliphatic rings. The summed E-state index contributed by atoms with van der Waals surface area (Å²) >= 11 is 0. The van der Waals surface area contributed by atoms with Crippen LogP contribution in [0.15, 0.2) is 12.4 Å². The van der Waals surface area contributed by atoms with Crippen molar-refractivity contribution in [3.8, 4) is 0 Å². The van der Waals surface area contributed by atoms with Gasteiger partial charge in [-0.2, -0.15) is 0 Å². The van der Waals surface area contributed by atoms with Gasteiger partial charge in [-0.15, -0.1) is 0 Å². The van der Waals surface area contributed by atoms with Crippen molar-refractivity contribution >= 4 is 0 Å². The van der Waals surface area contributed by atoms with Crippen LogP contribution in [0, 0.1) is 0 Å². The summed E-state index contributed by atoms with van der Waals surface area (Å²) in [5.74, 6) is 0. The van der Waals surface area contributed by atoms with Crippen LogP contribution in [0.1, 0.15) is 168 Å². The summed E-state index contributed by atoms with van der Waals surface area (Å²) in [4.78, 5) is 5.21. The quantitative estimate of drug-likeness (QED) is 0.124. The second kappa shape index (κ2) is 23.1. The molecular weight excluding hydrogens is 400 g/mol. The van der Waals surface area contributed by atoms with Crippen LogP contribution in [0.25, 0.3) is 0 Å². The number of nitrogens with zero attached hydrogens (tertiary/aromatic N) is 2. The van der Waals surface area contributed by atoms with Gasteiger partial charge in [0.2, 0.25) is 0 Å². The summed E-state index contributed by atoms with van der Waals surface area (Å²) in [7, 11) is 0. The van der Waals surface area contributed by atoms with E-state index in [-0.39, 0.29) is 0 Å². The van der Waals surface area contributed by atoms with Gasteiger partial charge in [-0.05, 0) is 26.2 Å². The van der Waals surface area contributed by atoms with Gasteiger partial charge in [0.25, 0.3) is 0 Å². The molecule has 0 aromatic carbocycles. The maximum Gasteiger partial charge on any atom is 0.101 e. The minimum atomic E-state index is 0.636. The van der Waals surface area contributed by atoms with Gasteiger partial charge in [-0.25, -0.2) is 0 Å². The van der Waals surface area contributed by atoms with Gasteiger partial charge in [-0.3, -0.25) is 0 Å². The molecule has 0 fully saturated rings. The van der Waals surface area contributed by atoms with Crippen LogP contribution in [-0.2, 0) is 0 Å². The highest BCUT2D eigenvalue weighted by Gasteiger charge is 2.23. The Labute approximate surface area is 210 Å². The first-order chi connectivity index (χ1) is 16.3. The highest BCUT2D eigenvalue weighted by Crippen LogP contribution is 2.23. The van der Waals surface area contributed by atoms with Crippen molar-refractivity contribution in [2.24, 2.45) is 0 Å². The van der Waals surface area contributed by atoms with Crippen LogP contribution in [0.3, 0.4) is 0 Å². The molecule has 0 N–H and O–H groups in total. The van der Waals surface area contributed by atoms with E-state index in [0.717, 1.165) is 6.54 Å². The molecule has 0 saturated carbocycles. The highest BCUT2D eigenvalue weighted by molar-refractivity contribution is 4.96. The van der Waals surface area contributed by atoms with Crippen LogP contribution < -0.4 is 0 Å². The van der Waals surface area contributed by atoms with Crippen molar-refractivity contribution in [1.82, 2.24) is 9.80 Å². The van der Waals surface area contributed by atoms with Gasteiger partial charge < -0.3 is 9.80 Å². The SMILES string of the molecule is CCCCCCCCCCCCCCCN1C=CN(CC)C1CCCCCCCCCCC. The molecule has 1 atom stereocenters. The van der Waals surface area contributed by atoms with Crippen molar-refractivity contribution in [3.63, 3.8) is 0 Å². The summed E-state index contributed by atoms with van der Waals surface area (Å²) in [5.41, 5.74) is 0. The molecule has 1 aliphatic heterocycles. The first kappa shape index (κ1) is 30.4. The van der Waals surface area contributed by atoms with Gasteiger partial charge in [0.15, 0.2) is 0 Å². The fourth-order valence-corrected chi connectivity index (χ4v) is 5.38. The Kier molecular flexibility index (Phi) is 21.3. The fourth-order valence-electron chi connectivity index (χ4n) is 5.38. The van der Waals surface area contributed by atoms with Crippen molar-refractivity contribution in [2.75, 3.05) is 13.1 Å². The number of hydrogen-bond donors (Lipinski definition) is 0. The average molecular weight is 463 g/mol. The Morgan fingerprint density at radius 2 is 0.788 bits per heavy atom. The van der Waals surface area contributed by atoms with E-state index in [0.29, 0.717) is 6.17 Å². The lowest BCUT2D eigenvalue weighted by molar-refractivity contribution is 0.142. The van der Waals surface area contributed by atoms with Crippen molar-refractivity contribution < 1.29 is 0 Å². The molecule has 0 aromatic rings. The van der Waals surface area contributed by atoms with E-state index in [1.165, 1.54) is 154 Å². The average Bonchev–Trinajstić information content (AvgIpc) is 3.22. The molecule has 2 nitrogen and oxygen atoms in total. The zero-order valence-corrected chi connectivity index (χ0v) is 23.3. The molecule has 2 heteroatoms. The lowest BCUT2D eigenvalue weighted by atomic mass is 10.0. The smallest absolute Gasteiger partial charge is 0.101 e. The second-order valence-corrected chi connectivity index (χ2v) is 10.7. The predicted molar refractivity (Wildman–Crippen MR) is 150 cm³/mol. The molecule has 0 aliphatic carbocycles. The van der Waals surface area contributed by atoms with Crippen molar-refractivity contribution in [1.29, 1.82) is 0 Å². The van der Waals surface area contributed by atoms with Crippen LogP contribution in [0.4, 0.5) is 0 Å². The molecule has 1 unspecified atom stereocenters. The van der Waals surface area contributed by atoms with Crippen LogP contribution in [-0.4, -0.2) is 29.1 Å². The van der Waals surface area contributed by atoms with E-state index in [1.807, 2.05) is 0 Å². The van der Waals surface area contributed by atoms with E-state index in [1.54, 1.807) is 0 Å². The number of rotatable bonds is 25. The van der Waals surface area contributed by atoms with Crippen LogP contribution >= 0.6 is 0 Å².